The Hall–Kier alpha value is -3.95. The lowest BCUT2D eigenvalue weighted by Crippen LogP contribution is -2.59. The Labute approximate surface area is 198 Å². The Balaban J connectivity index is 1.51. The third-order valence-corrected chi connectivity index (χ3v) is 5.93. The van der Waals surface area contributed by atoms with E-state index in [1.54, 1.807) is 12.1 Å². The number of carbonyl (C=O) groups is 2. The van der Waals surface area contributed by atoms with Crippen LogP contribution in [0.1, 0.15) is 22.6 Å². The fourth-order valence-corrected chi connectivity index (χ4v) is 4.18. The molecule has 0 radical (unpaired) electrons. The Bertz CT molecular complexity index is 1150. The van der Waals surface area contributed by atoms with E-state index in [9.17, 15) is 19.1 Å². The summed E-state index contributed by atoms with van der Waals surface area (Å²) in [5, 5.41) is 9.94. The van der Waals surface area contributed by atoms with Crippen LogP contribution in [0.5, 0.6) is 0 Å². The first kappa shape index (κ1) is 23.2. The Morgan fingerprint density at radius 3 is 2.06 bits per heavy atom. The highest BCUT2D eigenvalue weighted by Crippen LogP contribution is 2.28. The van der Waals surface area contributed by atoms with E-state index >= 15 is 0 Å². The summed E-state index contributed by atoms with van der Waals surface area (Å²) in [5.41, 5.74) is 2.35. The standard InChI is InChI=1S/C28H25FN2O3/c29-24-15-13-21(14-16-24)8-7-17-30-18-19-31(25(20-30)28(33)34)27(32)26(22-9-3-1-4-10-22)23-11-5-2-6-12-23/h1-6,9-16,25-26H,17-20H2,(H,33,34)/t25-/m0/s1. The van der Waals surface area contributed by atoms with Crippen LogP contribution in [0.25, 0.3) is 0 Å². The number of rotatable bonds is 5. The van der Waals surface area contributed by atoms with Gasteiger partial charge in [0, 0.05) is 25.2 Å². The van der Waals surface area contributed by atoms with Gasteiger partial charge in [0.05, 0.1) is 12.5 Å². The van der Waals surface area contributed by atoms with Gasteiger partial charge in [0.1, 0.15) is 11.9 Å². The molecular weight excluding hydrogens is 431 g/mol. The number of amides is 1. The highest BCUT2D eigenvalue weighted by atomic mass is 19.1. The first-order valence-corrected chi connectivity index (χ1v) is 11.1. The molecule has 172 valence electrons. The molecule has 1 fully saturated rings. The summed E-state index contributed by atoms with van der Waals surface area (Å²) in [6.45, 7) is 1.37. The lowest BCUT2D eigenvalue weighted by Gasteiger charge is -2.40. The van der Waals surface area contributed by atoms with Crippen molar-refractivity contribution in [2.24, 2.45) is 0 Å². The molecule has 1 saturated heterocycles. The van der Waals surface area contributed by atoms with Gasteiger partial charge in [0.25, 0.3) is 0 Å². The zero-order valence-electron chi connectivity index (χ0n) is 18.6. The second-order valence-electron chi connectivity index (χ2n) is 8.18. The van der Waals surface area contributed by atoms with E-state index in [4.69, 9.17) is 0 Å². The van der Waals surface area contributed by atoms with Crippen molar-refractivity contribution in [1.29, 1.82) is 0 Å². The predicted octanol–water partition coefficient (Wildman–Crippen LogP) is 3.61. The smallest absolute Gasteiger partial charge is 0.327 e. The quantitative estimate of drug-likeness (QED) is 0.596. The fraction of sp³-hybridized carbons (Fsp3) is 0.214. The van der Waals surface area contributed by atoms with E-state index in [2.05, 4.69) is 11.8 Å². The van der Waals surface area contributed by atoms with Gasteiger partial charge in [0.2, 0.25) is 5.91 Å². The molecule has 34 heavy (non-hydrogen) atoms. The number of nitrogens with zero attached hydrogens (tertiary/aromatic N) is 2. The van der Waals surface area contributed by atoms with Crippen LogP contribution in [0.3, 0.4) is 0 Å². The molecular formula is C28H25FN2O3. The second-order valence-corrected chi connectivity index (χ2v) is 8.18. The van der Waals surface area contributed by atoms with Crippen LogP contribution in [-0.4, -0.2) is 59.0 Å². The number of carboxylic acids is 1. The number of benzene rings is 3. The summed E-state index contributed by atoms with van der Waals surface area (Å²) in [6.07, 6.45) is 0. The molecule has 6 heteroatoms. The number of aliphatic carboxylic acids is 1. The summed E-state index contributed by atoms with van der Waals surface area (Å²) in [5.74, 6) is 3.85. The van der Waals surface area contributed by atoms with Gasteiger partial charge >= 0.3 is 5.97 Å². The highest BCUT2D eigenvalue weighted by molar-refractivity contribution is 5.91. The largest absolute Gasteiger partial charge is 0.480 e. The van der Waals surface area contributed by atoms with Crippen LogP contribution in [0, 0.1) is 17.7 Å². The van der Waals surface area contributed by atoms with E-state index in [1.807, 2.05) is 65.6 Å². The van der Waals surface area contributed by atoms with E-state index in [0.717, 1.165) is 11.1 Å². The van der Waals surface area contributed by atoms with Crippen LogP contribution in [0.2, 0.25) is 0 Å². The summed E-state index contributed by atoms with van der Waals surface area (Å²) >= 11 is 0. The molecule has 1 aliphatic heterocycles. The number of carboxylic acid groups (broad SMARTS) is 1. The first-order valence-electron chi connectivity index (χ1n) is 11.1. The SMILES string of the molecule is O=C(O)[C@@H]1CN(CC#Cc2ccc(F)cc2)CCN1C(=O)C(c1ccccc1)c1ccccc1. The Morgan fingerprint density at radius 2 is 1.50 bits per heavy atom. The molecule has 0 unspecified atom stereocenters. The Kier molecular flexibility index (Phi) is 7.36. The molecule has 3 aromatic carbocycles. The van der Waals surface area contributed by atoms with Gasteiger partial charge in [0.15, 0.2) is 0 Å². The third kappa shape index (κ3) is 5.51. The summed E-state index contributed by atoms with van der Waals surface area (Å²) in [4.78, 5) is 29.3. The van der Waals surface area contributed by atoms with E-state index < -0.39 is 17.9 Å². The minimum atomic E-state index is -1.04. The van der Waals surface area contributed by atoms with Gasteiger partial charge in [-0.3, -0.25) is 9.69 Å². The van der Waals surface area contributed by atoms with Crippen molar-refractivity contribution in [3.63, 3.8) is 0 Å². The molecule has 0 spiro atoms. The Morgan fingerprint density at radius 1 is 0.912 bits per heavy atom. The number of carbonyl (C=O) groups excluding carboxylic acids is 1. The van der Waals surface area contributed by atoms with Gasteiger partial charge in [-0.05, 0) is 35.4 Å². The van der Waals surface area contributed by atoms with Crippen molar-refractivity contribution in [3.05, 3.63) is 107 Å². The highest BCUT2D eigenvalue weighted by Gasteiger charge is 2.38. The number of hydrogen-bond acceptors (Lipinski definition) is 3. The average Bonchev–Trinajstić information content (AvgIpc) is 2.86. The maximum atomic E-state index is 13.7. The molecule has 5 nitrogen and oxygen atoms in total. The van der Waals surface area contributed by atoms with Gasteiger partial charge in [-0.15, -0.1) is 0 Å². The van der Waals surface area contributed by atoms with Crippen LogP contribution in [0.15, 0.2) is 84.9 Å². The van der Waals surface area contributed by atoms with Gasteiger partial charge in [-0.25, -0.2) is 9.18 Å². The summed E-state index contributed by atoms with van der Waals surface area (Å²) in [6, 6.07) is 23.8. The van der Waals surface area contributed by atoms with Gasteiger partial charge < -0.3 is 10.0 Å². The second kappa shape index (κ2) is 10.8. The zero-order valence-corrected chi connectivity index (χ0v) is 18.6. The molecule has 3 aromatic rings. The lowest BCUT2D eigenvalue weighted by molar-refractivity contribution is -0.153. The van der Waals surface area contributed by atoms with Crippen molar-refractivity contribution < 1.29 is 19.1 Å². The lowest BCUT2D eigenvalue weighted by atomic mass is 9.89. The molecule has 1 amide bonds. The first-order chi connectivity index (χ1) is 16.5. The minimum Gasteiger partial charge on any atom is -0.480 e. The predicted molar refractivity (Wildman–Crippen MR) is 128 cm³/mol. The van der Waals surface area contributed by atoms with Crippen molar-refractivity contribution in [2.45, 2.75) is 12.0 Å². The van der Waals surface area contributed by atoms with Crippen LogP contribution in [0.4, 0.5) is 4.39 Å². The monoisotopic (exact) mass is 456 g/mol. The van der Waals surface area contributed by atoms with E-state index in [-0.39, 0.29) is 18.3 Å². The third-order valence-electron chi connectivity index (χ3n) is 5.93. The van der Waals surface area contributed by atoms with E-state index in [1.165, 1.54) is 17.0 Å². The fourth-order valence-electron chi connectivity index (χ4n) is 4.18. The maximum absolute atomic E-state index is 13.7. The van der Waals surface area contributed by atoms with Gasteiger partial charge in [-0.1, -0.05) is 72.5 Å². The van der Waals surface area contributed by atoms with Crippen molar-refractivity contribution in [3.8, 4) is 11.8 Å². The molecule has 0 aromatic heterocycles. The molecule has 1 heterocycles. The van der Waals surface area contributed by atoms with Crippen LogP contribution in [-0.2, 0) is 9.59 Å². The topological polar surface area (TPSA) is 60.9 Å². The molecule has 0 saturated carbocycles. The molecule has 1 aliphatic rings. The maximum Gasteiger partial charge on any atom is 0.327 e. The number of hydrogen-bond donors (Lipinski definition) is 1. The molecule has 1 atom stereocenters. The minimum absolute atomic E-state index is 0.190. The van der Waals surface area contributed by atoms with Crippen LogP contribution >= 0.6 is 0 Å². The summed E-state index contributed by atoms with van der Waals surface area (Å²) < 4.78 is 13.0. The molecule has 1 N–H and O–H groups in total. The van der Waals surface area contributed by atoms with Crippen LogP contribution < -0.4 is 0 Å². The number of halogens is 1. The van der Waals surface area contributed by atoms with Gasteiger partial charge in [-0.2, -0.15) is 0 Å². The number of piperazine rings is 1. The molecule has 4 rings (SSSR count). The van der Waals surface area contributed by atoms with E-state index in [0.29, 0.717) is 25.2 Å². The average molecular weight is 457 g/mol. The zero-order chi connectivity index (χ0) is 23.9. The molecule has 0 bridgehead atoms. The molecule has 0 aliphatic carbocycles. The normalized spacial score (nSPS) is 16.1. The summed E-state index contributed by atoms with van der Waals surface area (Å²) in [7, 11) is 0. The van der Waals surface area contributed by atoms with Crippen molar-refractivity contribution in [2.75, 3.05) is 26.2 Å². The van der Waals surface area contributed by atoms with Crippen molar-refractivity contribution >= 4 is 11.9 Å². The van der Waals surface area contributed by atoms with Crippen molar-refractivity contribution in [1.82, 2.24) is 9.80 Å².